The zero-order valence-electron chi connectivity index (χ0n) is 10.0. The van der Waals surface area contributed by atoms with Gasteiger partial charge in [-0.1, -0.05) is 38.1 Å². The lowest BCUT2D eigenvalue weighted by Crippen LogP contribution is -2.25. The van der Waals surface area contributed by atoms with Crippen molar-refractivity contribution >= 4 is 5.91 Å². The van der Waals surface area contributed by atoms with Gasteiger partial charge in [0.2, 0.25) is 5.91 Å². The van der Waals surface area contributed by atoms with Crippen LogP contribution in [0.2, 0.25) is 0 Å². The summed E-state index contributed by atoms with van der Waals surface area (Å²) in [6.45, 7) is 5.95. The van der Waals surface area contributed by atoms with Crippen molar-refractivity contribution in [3.63, 3.8) is 0 Å². The molecule has 1 amide bonds. The number of nitrogens with one attached hydrogen (secondary N) is 1. The summed E-state index contributed by atoms with van der Waals surface area (Å²) in [5.41, 5.74) is 2.08. The van der Waals surface area contributed by atoms with Crippen LogP contribution in [0, 0.1) is 0 Å². The maximum Gasteiger partial charge on any atom is 0.216 e. The molecule has 0 aliphatic rings. The molecule has 3 nitrogen and oxygen atoms in total. The first kappa shape index (κ1) is 12.7. The molecule has 1 aromatic rings. The Balaban J connectivity index is 2.62. The average molecular weight is 221 g/mol. The van der Waals surface area contributed by atoms with Crippen LogP contribution in [0.15, 0.2) is 24.3 Å². The van der Waals surface area contributed by atoms with Gasteiger partial charge in [0, 0.05) is 13.5 Å². The third-order valence-corrected chi connectivity index (χ3v) is 2.53. The van der Waals surface area contributed by atoms with Crippen molar-refractivity contribution in [3.8, 4) is 0 Å². The van der Waals surface area contributed by atoms with Crippen LogP contribution >= 0.6 is 0 Å². The highest BCUT2D eigenvalue weighted by atomic mass is 16.3. The van der Waals surface area contributed by atoms with Gasteiger partial charge in [0.25, 0.3) is 0 Å². The van der Waals surface area contributed by atoms with E-state index in [1.165, 1.54) is 12.5 Å². The second kappa shape index (κ2) is 5.66. The van der Waals surface area contributed by atoms with E-state index in [0.717, 1.165) is 5.56 Å². The van der Waals surface area contributed by atoms with Crippen molar-refractivity contribution < 1.29 is 9.90 Å². The van der Waals surface area contributed by atoms with E-state index in [4.69, 9.17) is 0 Å². The number of carbonyl (C=O) groups excluding carboxylic acids is 1. The van der Waals surface area contributed by atoms with E-state index in [0.29, 0.717) is 5.92 Å². The van der Waals surface area contributed by atoms with Crippen LogP contribution in [0.1, 0.15) is 43.9 Å². The van der Waals surface area contributed by atoms with Crippen molar-refractivity contribution in [3.05, 3.63) is 35.4 Å². The molecule has 0 saturated carbocycles. The van der Waals surface area contributed by atoms with E-state index in [9.17, 15) is 9.90 Å². The number of carbonyl (C=O) groups is 1. The average Bonchev–Trinajstić information content (AvgIpc) is 2.26. The van der Waals surface area contributed by atoms with Crippen LogP contribution in [0.25, 0.3) is 0 Å². The number of hydrogen-bond donors (Lipinski definition) is 2. The van der Waals surface area contributed by atoms with E-state index in [1.54, 1.807) is 0 Å². The van der Waals surface area contributed by atoms with E-state index < -0.39 is 6.10 Å². The first-order valence-electron chi connectivity index (χ1n) is 5.53. The summed E-state index contributed by atoms with van der Waals surface area (Å²) in [6, 6.07) is 7.83. The van der Waals surface area contributed by atoms with Gasteiger partial charge in [-0.25, -0.2) is 0 Å². The monoisotopic (exact) mass is 221 g/mol. The highest BCUT2D eigenvalue weighted by Gasteiger charge is 2.08. The van der Waals surface area contributed by atoms with Crippen LogP contribution in [0.4, 0.5) is 0 Å². The Kier molecular flexibility index (Phi) is 4.50. The zero-order chi connectivity index (χ0) is 12.1. The van der Waals surface area contributed by atoms with Gasteiger partial charge in [-0.3, -0.25) is 4.79 Å². The summed E-state index contributed by atoms with van der Waals surface area (Å²) in [5, 5.41) is 12.4. The first-order valence-corrected chi connectivity index (χ1v) is 5.53. The summed E-state index contributed by atoms with van der Waals surface area (Å²) < 4.78 is 0. The lowest BCUT2D eigenvalue weighted by atomic mass is 10.00. The minimum absolute atomic E-state index is 0.127. The quantitative estimate of drug-likeness (QED) is 0.816. The topological polar surface area (TPSA) is 49.3 Å². The Bertz CT molecular complexity index is 343. The fraction of sp³-hybridized carbons (Fsp3) is 0.462. The minimum atomic E-state index is -0.634. The second-order valence-corrected chi connectivity index (χ2v) is 4.27. The van der Waals surface area contributed by atoms with E-state index in [2.05, 4.69) is 19.2 Å². The maximum atomic E-state index is 10.7. The minimum Gasteiger partial charge on any atom is -0.387 e. The molecule has 2 N–H and O–H groups in total. The predicted molar refractivity (Wildman–Crippen MR) is 64.2 cm³/mol. The number of rotatable bonds is 4. The summed E-state index contributed by atoms with van der Waals surface area (Å²) in [5.74, 6) is 0.361. The molecule has 0 saturated heterocycles. The Hall–Kier alpha value is -1.35. The molecular formula is C13H19NO2. The summed E-state index contributed by atoms with van der Waals surface area (Å²) in [7, 11) is 0. The van der Waals surface area contributed by atoms with E-state index >= 15 is 0 Å². The Morgan fingerprint density at radius 2 is 1.75 bits per heavy atom. The van der Waals surface area contributed by atoms with Gasteiger partial charge in [-0.15, -0.1) is 0 Å². The van der Waals surface area contributed by atoms with Gasteiger partial charge < -0.3 is 10.4 Å². The Labute approximate surface area is 96.5 Å². The molecule has 0 aromatic heterocycles. The third-order valence-electron chi connectivity index (χ3n) is 2.53. The highest BCUT2D eigenvalue weighted by molar-refractivity contribution is 5.72. The highest BCUT2D eigenvalue weighted by Crippen LogP contribution is 2.18. The van der Waals surface area contributed by atoms with Gasteiger partial charge in [0.05, 0.1) is 6.10 Å². The van der Waals surface area contributed by atoms with Crippen molar-refractivity contribution in [2.24, 2.45) is 0 Å². The molecule has 3 heteroatoms. The summed E-state index contributed by atoms with van der Waals surface area (Å²) >= 11 is 0. The van der Waals surface area contributed by atoms with Crippen molar-refractivity contribution in [1.29, 1.82) is 0 Å². The molecule has 0 aliphatic heterocycles. The molecule has 0 spiro atoms. The molecule has 1 aromatic carbocycles. The SMILES string of the molecule is CC(=O)NCC(O)c1ccc(C(C)C)cc1. The van der Waals surface area contributed by atoms with Crippen LogP contribution in [-0.2, 0) is 4.79 Å². The molecule has 1 atom stereocenters. The van der Waals surface area contributed by atoms with Crippen molar-refractivity contribution in [2.45, 2.75) is 32.8 Å². The van der Waals surface area contributed by atoms with Crippen LogP contribution in [0.5, 0.6) is 0 Å². The normalized spacial score (nSPS) is 12.6. The van der Waals surface area contributed by atoms with Gasteiger partial charge >= 0.3 is 0 Å². The second-order valence-electron chi connectivity index (χ2n) is 4.27. The van der Waals surface area contributed by atoms with Crippen LogP contribution < -0.4 is 5.32 Å². The van der Waals surface area contributed by atoms with Gasteiger partial charge in [0.15, 0.2) is 0 Å². The van der Waals surface area contributed by atoms with Gasteiger partial charge in [-0.2, -0.15) is 0 Å². The smallest absolute Gasteiger partial charge is 0.216 e. The molecule has 0 aliphatic carbocycles. The molecule has 0 radical (unpaired) electrons. The fourth-order valence-corrected chi connectivity index (χ4v) is 1.46. The molecule has 88 valence electrons. The number of hydrogen-bond acceptors (Lipinski definition) is 2. The van der Waals surface area contributed by atoms with Crippen molar-refractivity contribution in [2.75, 3.05) is 6.54 Å². The molecule has 0 fully saturated rings. The number of aliphatic hydroxyl groups excluding tert-OH is 1. The van der Waals surface area contributed by atoms with Crippen LogP contribution in [0.3, 0.4) is 0 Å². The molecule has 16 heavy (non-hydrogen) atoms. The molecule has 1 rings (SSSR count). The molecule has 0 bridgehead atoms. The summed E-state index contributed by atoms with van der Waals surface area (Å²) in [6.07, 6.45) is -0.634. The Morgan fingerprint density at radius 3 is 2.19 bits per heavy atom. The van der Waals surface area contributed by atoms with E-state index in [-0.39, 0.29) is 12.5 Å². The van der Waals surface area contributed by atoms with E-state index in [1.807, 2.05) is 24.3 Å². The lowest BCUT2D eigenvalue weighted by Gasteiger charge is -2.12. The van der Waals surface area contributed by atoms with Crippen LogP contribution in [-0.4, -0.2) is 17.6 Å². The lowest BCUT2D eigenvalue weighted by molar-refractivity contribution is -0.119. The molecule has 1 unspecified atom stereocenters. The molecular weight excluding hydrogens is 202 g/mol. The molecule has 0 heterocycles. The standard InChI is InChI=1S/C13H19NO2/c1-9(2)11-4-6-12(7-5-11)13(16)8-14-10(3)15/h4-7,9,13,16H,8H2,1-3H3,(H,14,15). The largest absolute Gasteiger partial charge is 0.387 e. The van der Waals surface area contributed by atoms with Gasteiger partial charge in [0.1, 0.15) is 0 Å². The predicted octanol–water partition coefficient (Wildman–Crippen LogP) is 1.98. The van der Waals surface area contributed by atoms with Gasteiger partial charge in [-0.05, 0) is 17.0 Å². The first-order chi connectivity index (χ1) is 7.50. The van der Waals surface area contributed by atoms with Crippen molar-refractivity contribution in [1.82, 2.24) is 5.32 Å². The number of aliphatic hydroxyl groups is 1. The fourth-order valence-electron chi connectivity index (χ4n) is 1.46. The Morgan fingerprint density at radius 1 is 1.25 bits per heavy atom. The maximum absolute atomic E-state index is 10.7. The number of benzene rings is 1. The number of amides is 1. The third kappa shape index (κ3) is 3.66. The summed E-state index contributed by atoms with van der Waals surface area (Å²) in [4.78, 5) is 10.7. The zero-order valence-corrected chi connectivity index (χ0v) is 10.0.